The van der Waals surface area contributed by atoms with Crippen LogP contribution in [0.25, 0.3) is 0 Å². The molecule has 0 aromatic heterocycles. The zero-order valence-electron chi connectivity index (χ0n) is 12.6. The van der Waals surface area contributed by atoms with Crippen molar-refractivity contribution in [3.05, 3.63) is 59.1 Å². The second kappa shape index (κ2) is 7.49. The molecule has 1 atom stereocenters. The summed E-state index contributed by atoms with van der Waals surface area (Å²) in [6.07, 6.45) is 2.32. The molecule has 1 N–H and O–H groups in total. The van der Waals surface area contributed by atoms with Crippen molar-refractivity contribution in [2.24, 2.45) is 0 Å². The van der Waals surface area contributed by atoms with Crippen LogP contribution in [0.15, 0.2) is 48.5 Å². The van der Waals surface area contributed by atoms with Crippen molar-refractivity contribution < 1.29 is 14.3 Å². The number of ether oxygens (including phenoxy) is 2. The second-order valence-electron chi connectivity index (χ2n) is 5.43. The van der Waals surface area contributed by atoms with Crippen molar-refractivity contribution in [1.29, 1.82) is 0 Å². The molecule has 0 bridgehead atoms. The number of amides is 1. The van der Waals surface area contributed by atoms with Crippen LogP contribution in [0.3, 0.4) is 0 Å². The van der Waals surface area contributed by atoms with Crippen molar-refractivity contribution in [3.8, 4) is 5.75 Å². The van der Waals surface area contributed by atoms with Crippen LogP contribution >= 0.6 is 11.6 Å². The Kier molecular flexibility index (Phi) is 5.16. The SMILES string of the molecule is O=C(Nc1cccc(Cl)c1)c1ccc(OC[C@H]2CCCO2)cc1. The van der Waals surface area contributed by atoms with Crippen LogP contribution in [0.4, 0.5) is 5.69 Å². The van der Waals surface area contributed by atoms with E-state index in [9.17, 15) is 4.79 Å². The highest BCUT2D eigenvalue weighted by Gasteiger charge is 2.16. The molecule has 1 fully saturated rings. The second-order valence-corrected chi connectivity index (χ2v) is 5.87. The summed E-state index contributed by atoms with van der Waals surface area (Å²) in [5, 5.41) is 3.40. The Balaban J connectivity index is 1.56. The van der Waals surface area contributed by atoms with Gasteiger partial charge in [0, 0.05) is 22.9 Å². The molecule has 0 unspecified atom stereocenters. The predicted molar refractivity (Wildman–Crippen MR) is 90.3 cm³/mol. The van der Waals surface area contributed by atoms with Crippen molar-refractivity contribution in [3.63, 3.8) is 0 Å². The first-order valence-corrected chi connectivity index (χ1v) is 8.00. The van der Waals surface area contributed by atoms with Crippen LogP contribution < -0.4 is 10.1 Å². The molecule has 1 heterocycles. The van der Waals surface area contributed by atoms with E-state index in [2.05, 4.69) is 5.32 Å². The number of hydrogen-bond donors (Lipinski definition) is 1. The van der Waals surface area contributed by atoms with E-state index < -0.39 is 0 Å². The number of carbonyl (C=O) groups excluding carboxylic acids is 1. The number of anilines is 1. The van der Waals surface area contributed by atoms with Crippen LogP contribution in [-0.4, -0.2) is 25.2 Å². The van der Waals surface area contributed by atoms with Gasteiger partial charge in [-0.3, -0.25) is 4.79 Å². The standard InChI is InChI=1S/C18H18ClNO3/c19-14-3-1-4-15(11-14)20-18(21)13-6-8-16(9-7-13)23-12-17-5-2-10-22-17/h1,3-4,6-9,11,17H,2,5,10,12H2,(H,20,21)/t17-/m1/s1. The van der Waals surface area contributed by atoms with Crippen molar-refractivity contribution in [2.75, 3.05) is 18.5 Å². The summed E-state index contributed by atoms with van der Waals surface area (Å²) in [4.78, 5) is 12.2. The fourth-order valence-electron chi connectivity index (χ4n) is 2.44. The first-order valence-electron chi connectivity index (χ1n) is 7.62. The molecule has 1 aliphatic heterocycles. The van der Waals surface area contributed by atoms with Gasteiger partial charge in [-0.2, -0.15) is 0 Å². The van der Waals surface area contributed by atoms with Gasteiger partial charge < -0.3 is 14.8 Å². The van der Waals surface area contributed by atoms with E-state index in [1.165, 1.54) is 0 Å². The van der Waals surface area contributed by atoms with Crippen LogP contribution in [-0.2, 0) is 4.74 Å². The number of hydrogen-bond acceptors (Lipinski definition) is 3. The predicted octanol–water partition coefficient (Wildman–Crippen LogP) is 4.15. The molecule has 23 heavy (non-hydrogen) atoms. The zero-order valence-corrected chi connectivity index (χ0v) is 13.4. The molecule has 0 saturated carbocycles. The highest BCUT2D eigenvalue weighted by atomic mass is 35.5. The molecule has 3 rings (SSSR count). The number of halogens is 1. The molecule has 0 spiro atoms. The molecule has 4 nitrogen and oxygen atoms in total. The van der Waals surface area contributed by atoms with E-state index in [0.29, 0.717) is 22.9 Å². The molecule has 2 aromatic carbocycles. The minimum Gasteiger partial charge on any atom is -0.491 e. The van der Waals surface area contributed by atoms with E-state index >= 15 is 0 Å². The fourth-order valence-corrected chi connectivity index (χ4v) is 2.63. The zero-order chi connectivity index (χ0) is 16.1. The number of rotatable bonds is 5. The molecule has 1 aliphatic rings. The van der Waals surface area contributed by atoms with Crippen molar-refractivity contribution in [2.45, 2.75) is 18.9 Å². The normalized spacial score (nSPS) is 17.0. The quantitative estimate of drug-likeness (QED) is 0.895. The van der Waals surface area contributed by atoms with Gasteiger partial charge in [-0.15, -0.1) is 0 Å². The average molecular weight is 332 g/mol. The van der Waals surface area contributed by atoms with E-state index in [-0.39, 0.29) is 12.0 Å². The average Bonchev–Trinajstić information content (AvgIpc) is 3.07. The minimum absolute atomic E-state index is 0.181. The van der Waals surface area contributed by atoms with E-state index in [1.807, 2.05) is 0 Å². The van der Waals surface area contributed by atoms with Crippen LogP contribution in [0.2, 0.25) is 5.02 Å². The Labute approximate surface area is 140 Å². The molecular formula is C18H18ClNO3. The maximum absolute atomic E-state index is 12.2. The smallest absolute Gasteiger partial charge is 0.255 e. The Morgan fingerprint density at radius 1 is 1.26 bits per heavy atom. The molecule has 1 amide bonds. The van der Waals surface area contributed by atoms with Gasteiger partial charge in [0.05, 0.1) is 6.10 Å². The third-order valence-corrected chi connectivity index (χ3v) is 3.89. The van der Waals surface area contributed by atoms with Gasteiger partial charge in [0.1, 0.15) is 12.4 Å². The van der Waals surface area contributed by atoms with Gasteiger partial charge in [-0.1, -0.05) is 17.7 Å². The summed E-state index contributed by atoms with van der Waals surface area (Å²) >= 11 is 5.91. The summed E-state index contributed by atoms with van der Waals surface area (Å²) in [6.45, 7) is 1.37. The maximum Gasteiger partial charge on any atom is 0.255 e. The first kappa shape index (κ1) is 15.8. The highest BCUT2D eigenvalue weighted by molar-refractivity contribution is 6.30. The lowest BCUT2D eigenvalue weighted by Crippen LogP contribution is -2.16. The molecule has 2 aromatic rings. The van der Waals surface area contributed by atoms with Gasteiger partial charge >= 0.3 is 0 Å². The Hall–Kier alpha value is -2.04. The molecule has 5 heteroatoms. The Morgan fingerprint density at radius 3 is 2.78 bits per heavy atom. The van der Waals surface area contributed by atoms with Crippen LogP contribution in [0.5, 0.6) is 5.75 Å². The van der Waals surface area contributed by atoms with E-state index in [1.54, 1.807) is 48.5 Å². The molecule has 0 radical (unpaired) electrons. The van der Waals surface area contributed by atoms with Crippen molar-refractivity contribution >= 4 is 23.2 Å². The lowest BCUT2D eigenvalue weighted by molar-refractivity contribution is 0.0679. The van der Waals surface area contributed by atoms with Gasteiger partial charge in [-0.25, -0.2) is 0 Å². The summed E-state index contributed by atoms with van der Waals surface area (Å²) in [5.74, 6) is 0.553. The number of carbonyl (C=O) groups is 1. The summed E-state index contributed by atoms with van der Waals surface area (Å²) in [5.41, 5.74) is 1.23. The van der Waals surface area contributed by atoms with E-state index in [0.717, 1.165) is 25.2 Å². The lowest BCUT2D eigenvalue weighted by Gasteiger charge is -2.12. The van der Waals surface area contributed by atoms with Gasteiger partial charge in [0.15, 0.2) is 0 Å². The summed E-state index contributed by atoms with van der Waals surface area (Å²) < 4.78 is 11.2. The van der Waals surface area contributed by atoms with Crippen LogP contribution in [0, 0.1) is 0 Å². The third-order valence-electron chi connectivity index (χ3n) is 3.66. The van der Waals surface area contributed by atoms with E-state index in [4.69, 9.17) is 21.1 Å². The molecule has 120 valence electrons. The highest BCUT2D eigenvalue weighted by Crippen LogP contribution is 2.18. The minimum atomic E-state index is -0.182. The van der Waals surface area contributed by atoms with Gasteiger partial charge in [0.25, 0.3) is 5.91 Å². The van der Waals surface area contributed by atoms with Crippen molar-refractivity contribution in [1.82, 2.24) is 0 Å². The Bertz CT molecular complexity index is 666. The van der Waals surface area contributed by atoms with Gasteiger partial charge in [-0.05, 0) is 55.3 Å². The molecule has 0 aliphatic carbocycles. The number of benzene rings is 2. The first-order chi connectivity index (χ1) is 11.2. The maximum atomic E-state index is 12.2. The monoisotopic (exact) mass is 331 g/mol. The Morgan fingerprint density at radius 2 is 2.09 bits per heavy atom. The summed E-state index contributed by atoms with van der Waals surface area (Å²) in [6, 6.07) is 14.1. The number of nitrogens with one attached hydrogen (secondary N) is 1. The van der Waals surface area contributed by atoms with Gasteiger partial charge in [0.2, 0.25) is 0 Å². The summed E-state index contributed by atoms with van der Waals surface area (Å²) in [7, 11) is 0. The largest absolute Gasteiger partial charge is 0.491 e. The van der Waals surface area contributed by atoms with Crippen LogP contribution in [0.1, 0.15) is 23.2 Å². The topological polar surface area (TPSA) is 47.6 Å². The molecule has 1 saturated heterocycles. The fraction of sp³-hybridized carbons (Fsp3) is 0.278. The third kappa shape index (κ3) is 4.47. The molecular weight excluding hydrogens is 314 g/mol. The lowest BCUT2D eigenvalue weighted by atomic mass is 10.2.